The third kappa shape index (κ3) is 3.16. The number of allylic oxidation sites excluding steroid dienone is 2. The minimum Gasteiger partial charge on any atom is -0.324 e. The number of hydrogen-bond donors (Lipinski definition) is 1. The lowest BCUT2D eigenvalue weighted by molar-refractivity contribution is -0.116. The summed E-state index contributed by atoms with van der Waals surface area (Å²) in [4.78, 5) is 11.7. The zero-order valence-corrected chi connectivity index (χ0v) is 9.87. The number of carbonyl (C=O) groups excluding carboxylic acids is 1. The maximum Gasteiger partial charge on any atom is 0.225 e. The van der Waals surface area contributed by atoms with Crippen LogP contribution in [0.3, 0.4) is 0 Å². The van der Waals surface area contributed by atoms with Crippen LogP contribution in [0.1, 0.15) is 24.8 Å². The smallest absolute Gasteiger partial charge is 0.225 e. The van der Waals surface area contributed by atoms with Gasteiger partial charge in [-0.3, -0.25) is 4.79 Å². The van der Waals surface area contributed by atoms with E-state index in [0.717, 1.165) is 18.4 Å². The summed E-state index contributed by atoms with van der Waals surface area (Å²) in [5, 5.41) is 2.62. The molecular formula is C14H16FNO. The number of benzene rings is 1. The van der Waals surface area contributed by atoms with Crippen LogP contribution in [0.2, 0.25) is 0 Å². The molecule has 1 aliphatic rings. The molecule has 1 amide bonds. The SMILES string of the molecule is Cc1ccc(NC(=O)CC2C=CCC2)c(F)c1. The van der Waals surface area contributed by atoms with Crippen molar-refractivity contribution in [2.45, 2.75) is 26.2 Å². The van der Waals surface area contributed by atoms with Crippen molar-refractivity contribution in [2.24, 2.45) is 5.92 Å². The summed E-state index contributed by atoms with van der Waals surface area (Å²) in [6.45, 7) is 1.82. The monoisotopic (exact) mass is 233 g/mol. The molecule has 0 fully saturated rings. The molecule has 0 bridgehead atoms. The second-order valence-corrected chi connectivity index (χ2v) is 4.50. The molecule has 2 rings (SSSR count). The fourth-order valence-electron chi connectivity index (χ4n) is 2.03. The highest BCUT2D eigenvalue weighted by molar-refractivity contribution is 5.91. The van der Waals surface area contributed by atoms with Gasteiger partial charge in [0.05, 0.1) is 5.69 Å². The largest absolute Gasteiger partial charge is 0.324 e. The van der Waals surface area contributed by atoms with E-state index in [1.807, 2.05) is 6.92 Å². The molecule has 0 saturated heterocycles. The van der Waals surface area contributed by atoms with Crippen molar-refractivity contribution < 1.29 is 9.18 Å². The zero-order chi connectivity index (χ0) is 12.3. The van der Waals surface area contributed by atoms with E-state index < -0.39 is 0 Å². The molecule has 1 aliphatic carbocycles. The molecular weight excluding hydrogens is 217 g/mol. The quantitative estimate of drug-likeness (QED) is 0.796. The Morgan fingerprint density at radius 2 is 2.35 bits per heavy atom. The highest BCUT2D eigenvalue weighted by atomic mass is 19.1. The van der Waals surface area contributed by atoms with Crippen LogP contribution in [0.15, 0.2) is 30.4 Å². The molecule has 1 atom stereocenters. The lowest BCUT2D eigenvalue weighted by Crippen LogP contribution is -2.15. The number of nitrogens with one attached hydrogen (secondary N) is 1. The van der Waals surface area contributed by atoms with Crippen LogP contribution in [0.5, 0.6) is 0 Å². The molecule has 1 aromatic carbocycles. The summed E-state index contributed by atoms with van der Waals surface area (Å²) in [6.07, 6.45) is 6.64. The number of halogens is 1. The Labute approximate surface area is 101 Å². The molecule has 0 aromatic heterocycles. The minimum absolute atomic E-state index is 0.121. The van der Waals surface area contributed by atoms with Gasteiger partial charge in [-0.05, 0) is 43.4 Å². The summed E-state index contributed by atoms with van der Waals surface area (Å²) in [7, 11) is 0. The average Bonchev–Trinajstić information content (AvgIpc) is 2.75. The van der Waals surface area contributed by atoms with Crippen LogP contribution in [0.25, 0.3) is 0 Å². The van der Waals surface area contributed by atoms with Gasteiger partial charge in [0, 0.05) is 6.42 Å². The summed E-state index contributed by atoms with van der Waals surface area (Å²) >= 11 is 0. The van der Waals surface area contributed by atoms with Gasteiger partial charge in [-0.2, -0.15) is 0 Å². The molecule has 0 radical (unpaired) electrons. The van der Waals surface area contributed by atoms with Crippen LogP contribution < -0.4 is 5.32 Å². The van der Waals surface area contributed by atoms with Crippen molar-refractivity contribution in [2.75, 3.05) is 5.32 Å². The van der Waals surface area contributed by atoms with Gasteiger partial charge >= 0.3 is 0 Å². The van der Waals surface area contributed by atoms with E-state index in [2.05, 4.69) is 17.5 Å². The first-order chi connectivity index (χ1) is 8.15. The third-order valence-electron chi connectivity index (χ3n) is 2.96. The Kier molecular flexibility index (Phi) is 3.57. The van der Waals surface area contributed by atoms with Gasteiger partial charge < -0.3 is 5.32 Å². The van der Waals surface area contributed by atoms with Crippen molar-refractivity contribution in [1.29, 1.82) is 0 Å². The maximum atomic E-state index is 13.5. The third-order valence-corrected chi connectivity index (χ3v) is 2.96. The lowest BCUT2D eigenvalue weighted by Gasteiger charge is -2.09. The van der Waals surface area contributed by atoms with E-state index in [9.17, 15) is 9.18 Å². The molecule has 0 saturated carbocycles. The predicted octanol–water partition coefficient (Wildman–Crippen LogP) is 3.43. The van der Waals surface area contributed by atoms with Gasteiger partial charge in [0.2, 0.25) is 5.91 Å². The second kappa shape index (κ2) is 5.13. The topological polar surface area (TPSA) is 29.1 Å². The second-order valence-electron chi connectivity index (χ2n) is 4.50. The predicted molar refractivity (Wildman–Crippen MR) is 66.2 cm³/mol. The Hall–Kier alpha value is -1.64. The van der Waals surface area contributed by atoms with Gasteiger partial charge in [-0.15, -0.1) is 0 Å². The Bertz CT molecular complexity index is 454. The molecule has 1 unspecified atom stereocenters. The van der Waals surface area contributed by atoms with Crippen molar-refractivity contribution in [3.63, 3.8) is 0 Å². The molecule has 0 heterocycles. The van der Waals surface area contributed by atoms with Gasteiger partial charge in [0.15, 0.2) is 0 Å². The van der Waals surface area contributed by atoms with E-state index in [1.165, 1.54) is 6.07 Å². The van der Waals surface area contributed by atoms with Gasteiger partial charge in [-0.1, -0.05) is 18.2 Å². The summed E-state index contributed by atoms with van der Waals surface area (Å²) in [5.74, 6) is -0.187. The fraction of sp³-hybridized carbons (Fsp3) is 0.357. The highest BCUT2D eigenvalue weighted by Gasteiger charge is 2.15. The minimum atomic E-state index is -0.375. The van der Waals surface area contributed by atoms with Crippen molar-refractivity contribution in [3.05, 3.63) is 41.7 Å². The van der Waals surface area contributed by atoms with E-state index in [0.29, 0.717) is 12.3 Å². The van der Waals surface area contributed by atoms with Crippen molar-refractivity contribution >= 4 is 11.6 Å². The van der Waals surface area contributed by atoms with Gasteiger partial charge in [-0.25, -0.2) is 4.39 Å². The number of hydrogen-bond acceptors (Lipinski definition) is 1. The highest BCUT2D eigenvalue weighted by Crippen LogP contribution is 2.22. The first-order valence-corrected chi connectivity index (χ1v) is 5.88. The number of anilines is 1. The van der Waals surface area contributed by atoms with Crippen LogP contribution >= 0.6 is 0 Å². The summed E-state index contributed by atoms with van der Waals surface area (Å²) < 4.78 is 13.5. The number of aryl methyl sites for hydroxylation is 1. The Balaban J connectivity index is 1.95. The van der Waals surface area contributed by atoms with Crippen LogP contribution in [0, 0.1) is 18.7 Å². The molecule has 3 heteroatoms. The maximum absolute atomic E-state index is 13.5. The van der Waals surface area contributed by atoms with E-state index >= 15 is 0 Å². The van der Waals surface area contributed by atoms with Gasteiger partial charge in [0.1, 0.15) is 5.82 Å². The summed E-state index contributed by atoms with van der Waals surface area (Å²) in [6, 6.07) is 4.81. The zero-order valence-electron chi connectivity index (χ0n) is 9.87. The molecule has 90 valence electrons. The Morgan fingerprint density at radius 3 is 3.00 bits per heavy atom. The molecule has 0 aliphatic heterocycles. The first-order valence-electron chi connectivity index (χ1n) is 5.88. The molecule has 0 spiro atoms. The molecule has 1 aromatic rings. The number of rotatable bonds is 3. The van der Waals surface area contributed by atoms with Gasteiger partial charge in [0.25, 0.3) is 0 Å². The lowest BCUT2D eigenvalue weighted by atomic mass is 10.0. The van der Waals surface area contributed by atoms with Crippen molar-refractivity contribution in [1.82, 2.24) is 0 Å². The van der Waals surface area contributed by atoms with Crippen molar-refractivity contribution in [3.8, 4) is 0 Å². The Morgan fingerprint density at radius 1 is 1.53 bits per heavy atom. The summed E-state index contributed by atoms with van der Waals surface area (Å²) in [5.41, 5.74) is 1.11. The first kappa shape index (κ1) is 11.8. The molecule has 1 N–H and O–H groups in total. The fourth-order valence-corrected chi connectivity index (χ4v) is 2.03. The molecule has 2 nitrogen and oxygen atoms in total. The number of amides is 1. The van der Waals surface area contributed by atoms with Crippen LogP contribution in [-0.2, 0) is 4.79 Å². The standard InChI is InChI=1S/C14H16FNO/c1-10-6-7-13(12(15)8-10)16-14(17)9-11-4-2-3-5-11/h2,4,6-8,11H,3,5,9H2,1H3,(H,16,17). The normalized spacial score (nSPS) is 18.4. The van der Waals surface area contributed by atoms with E-state index in [1.54, 1.807) is 12.1 Å². The van der Waals surface area contributed by atoms with Crippen LogP contribution in [-0.4, -0.2) is 5.91 Å². The van der Waals surface area contributed by atoms with Crippen LogP contribution in [0.4, 0.5) is 10.1 Å². The molecule has 17 heavy (non-hydrogen) atoms. The van der Waals surface area contributed by atoms with E-state index in [4.69, 9.17) is 0 Å². The van der Waals surface area contributed by atoms with E-state index in [-0.39, 0.29) is 17.4 Å². The average molecular weight is 233 g/mol. The number of carbonyl (C=O) groups is 1.